The van der Waals surface area contributed by atoms with Gasteiger partial charge in [-0.05, 0) is 17.5 Å². The van der Waals surface area contributed by atoms with Gasteiger partial charge in [0.15, 0.2) is 0 Å². The number of pyridine rings is 1. The van der Waals surface area contributed by atoms with Crippen LogP contribution in [-0.4, -0.2) is 4.57 Å². The van der Waals surface area contributed by atoms with Gasteiger partial charge in [-0.3, -0.25) is 9.36 Å². The summed E-state index contributed by atoms with van der Waals surface area (Å²) in [6.45, 7) is 3.85. The molecule has 0 aliphatic heterocycles. The number of hydrogen-bond acceptors (Lipinski definition) is 3. The lowest BCUT2D eigenvalue weighted by Gasteiger charge is -2.11. The van der Waals surface area contributed by atoms with Crippen LogP contribution in [0.4, 0.5) is 5.82 Å². The molecule has 0 radical (unpaired) electrons. The van der Waals surface area contributed by atoms with Crippen LogP contribution in [-0.2, 0) is 7.05 Å². The summed E-state index contributed by atoms with van der Waals surface area (Å²) in [7, 11) is 1.56. The van der Waals surface area contributed by atoms with Crippen LogP contribution in [0, 0.1) is 11.3 Å². The first-order chi connectivity index (χ1) is 6.49. The standard InChI is InChI=1S/C10H13N3O/c1-6(2)7-4-9(12)13(3)10(14)8(7)5-11/h4,6H,12H2,1-3H3. The maximum atomic E-state index is 11.6. The molecule has 0 unspecified atom stereocenters. The minimum absolute atomic E-state index is 0.126. The van der Waals surface area contributed by atoms with E-state index in [4.69, 9.17) is 11.0 Å². The van der Waals surface area contributed by atoms with Gasteiger partial charge in [-0.2, -0.15) is 5.26 Å². The highest BCUT2D eigenvalue weighted by atomic mass is 16.1. The van der Waals surface area contributed by atoms with Crippen molar-refractivity contribution >= 4 is 5.82 Å². The Morgan fingerprint density at radius 2 is 2.14 bits per heavy atom. The third-order valence-electron chi connectivity index (χ3n) is 2.23. The van der Waals surface area contributed by atoms with Crippen molar-refractivity contribution in [2.75, 3.05) is 5.73 Å². The summed E-state index contributed by atoms with van der Waals surface area (Å²) in [6, 6.07) is 3.61. The van der Waals surface area contributed by atoms with E-state index in [-0.39, 0.29) is 17.0 Å². The lowest BCUT2D eigenvalue weighted by Crippen LogP contribution is -2.24. The van der Waals surface area contributed by atoms with E-state index in [1.54, 1.807) is 13.1 Å². The lowest BCUT2D eigenvalue weighted by molar-refractivity contribution is 0.815. The SMILES string of the molecule is CC(C)c1cc(N)n(C)c(=O)c1C#N. The highest BCUT2D eigenvalue weighted by Crippen LogP contribution is 2.18. The summed E-state index contributed by atoms with van der Waals surface area (Å²) in [6.07, 6.45) is 0. The molecule has 0 spiro atoms. The molecule has 2 N–H and O–H groups in total. The van der Waals surface area contributed by atoms with Gasteiger partial charge in [-0.1, -0.05) is 13.8 Å². The Morgan fingerprint density at radius 1 is 1.57 bits per heavy atom. The average Bonchev–Trinajstić information content (AvgIpc) is 2.13. The number of nitrogens with zero attached hydrogens (tertiary/aromatic N) is 2. The maximum absolute atomic E-state index is 11.6. The molecule has 14 heavy (non-hydrogen) atoms. The first-order valence-electron chi connectivity index (χ1n) is 4.38. The van der Waals surface area contributed by atoms with E-state index in [2.05, 4.69) is 0 Å². The van der Waals surface area contributed by atoms with Crippen LogP contribution < -0.4 is 11.3 Å². The third kappa shape index (κ3) is 1.49. The predicted octanol–water partition coefficient (Wildman–Crippen LogP) is 0.963. The Balaban J connectivity index is 3.63. The molecule has 0 aliphatic carbocycles. The summed E-state index contributed by atoms with van der Waals surface area (Å²) in [4.78, 5) is 11.6. The number of rotatable bonds is 1. The zero-order valence-corrected chi connectivity index (χ0v) is 8.53. The molecule has 1 rings (SSSR count). The lowest BCUT2D eigenvalue weighted by atomic mass is 9.99. The molecule has 1 aromatic rings. The second-order valence-electron chi connectivity index (χ2n) is 3.53. The van der Waals surface area contributed by atoms with Crippen LogP contribution in [0.3, 0.4) is 0 Å². The van der Waals surface area contributed by atoms with E-state index >= 15 is 0 Å². The van der Waals surface area contributed by atoms with Gasteiger partial charge >= 0.3 is 0 Å². The van der Waals surface area contributed by atoms with E-state index in [0.717, 1.165) is 0 Å². The van der Waals surface area contributed by atoms with Gasteiger partial charge in [-0.15, -0.1) is 0 Å². The number of anilines is 1. The van der Waals surface area contributed by atoms with Gasteiger partial charge < -0.3 is 5.73 Å². The second-order valence-corrected chi connectivity index (χ2v) is 3.53. The van der Waals surface area contributed by atoms with Crippen LogP contribution >= 0.6 is 0 Å². The predicted molar refractivity (Wildman–Crippen MR) is 54.9 cm³/mol. The molecule has 0 fully saturated rings. The molecule has 0 saturated heterocycles. The van der Waals surface area contributed by atoms with E-state index in [1.807, 2.05) is 19.9 Å². The van der Waals surface area contributed by atoms with E-state index in [9.17, 15) is 4.79 Å². The zero-order chi connectivity index (χ0) is 10.9. The fourth-order valence-corrected chi connectivity index (χ4v) is 1.30. The van der Waals surface area contributed by atoms with Crippen molar-refractivity contribution < 1.29 is 0 Å². The highest BCUT2D eigenvalue weighted by Gasteiger charge is 2.13. The minimum atomic E-state index is -0.323. The smallest absolute Gasteiger partial charge is 0.270 e. The van der Waals surface area contributed by atoms with Crippen LogP contribution in [0.5, 0.6) is 0 Å². The number of hydrogen-bond donors (Lipinski definition) is 1. The fourth-order valence-electron chi connectivity index (χ4n) is 1.30. The number of nitriles is 1. The molecule has 4 nitrogen and oxygen atoms in total. The molecule has 1 aromatic heterocycles. The Bertz CT molecular complexity index is 452. The zero-order valence-electron chi connectivity index (χ0n) is 8.53. The van der Waals surface area contributed by atoms with Crippen molar-refractivity contribution in [3.05, 3.63) is 27.5 Å². The second kappa shape index (κ2) is 3.54. The largest absolute Gasteiger partial charge is 0.385 e. The molecule has 1 heterocycles. The van der Waals surface area contributed by atoms with Gasteiger partial charge in [0, 0.05) is 7.05 Å². The van der Waals surface area contributed by atoms with Gasteiger partial charge in [0.2, 0.25) is 0 Å². The molecule has 0 aromatic carbocycles. The van der Waals surface area contributed by atoms with Crippen molar-refractivity contribution in [2.45, 2.75) is 19.8 Å². The van der Waals surface area contributed by atoms with Crippen molar-refractivity contribution in [1.82, 2.24) is 4.57 Å². The van der Waals surface area contributed by atoms with E-state index < -0.39 is 0 Å². The number of nitrogens with two attached hydrogens (primary N) is 1. The van der Waals surface area contributed by atoms with Crippen LogP contribution in [0.2, 0.25) is 0 Å². The van der Waals surface area contributed by atoms with E-state index in [1.165, 1.54) is 4.57 Å². The van der Waals surface area contributed by atoms with Crippen LogP contribution in [0.1, 0.15) is 30.9 Å². The van der Waals surface area contributed by atoms with E-state index in [0.29, 0.717) is 11.4 Å². The Hall–Kier alpha value is -1.76. The number of aromatic nitrogens is 1. The van der Waals surface area contributed by atoms with Crippen molar-refractivity contribution in [1.29, 1.82) is 5.26 Å². The molecule has 0 aliphatic rings. The molecule has 0 atom stereocenters. The van der Waals surface area contributed by atoms with Crippen LogP contribution in [0.15, 0.2) is 10.9 Å². The van der Waals surface area contributed by atoms with Gasteiger partial charge in [0.1, 0.15) is 17.5 Å². The molecule has 0 saturated carbocycles. The number of nitrogen functional groups attached to an aromatic ring is 1. The quantitative estimate of drug-likeness (QED) is 0.718. The molecule has 0 bridgehead atoms. The normalized spacial score (nSPS) is 10.2. The topological polar surface area (TPSA) is 71.8 Å². The average molecular weight is 191 g/mol. The molecule has 74 valence electrons. The molecular weight excluding hydrogens is 178 g/mol. The Labute approximate surface area is 82.6 Å². The minimum Gasteiger partial charge on any atom is -0.385 e. The van der Waals surface area contributed by atoms with Crippen LogP contribution in [0.25, 0.3) is 0 Å². The summed E-state index contributed by atoms with van der Waals surface area (Å²) >= 11 is 0. The summed E-state index contributed by atoms with van der Waals surface area (Å²) in [5.74, 6) is 0.513. The third-order valence-corrected chi connectivity index (χ3v) is 2.23. The summed E-state index contributed by atoms with van der Waals surface area (Å²) < 4.78 is 1.28. The highest BCUT2D eigenvalue weighted by molar-refractivity contribution is 5.45. The van der Waals surface area contributed by atoms with Gasteiger partial charge in [0.05, 0.1) is 0 Å². The van der Waals surface area contributed by atoms with Crippen molar-refractivity contribution in [3.63, 3.8) is 0 Å². The van der Waals surface area contributed by atoms with Crippen molar-refractivity contribution in [2.24, 2.45) is 7.05 Å². The maximum Gasteiger partial charge on any atom is 0.270 e. The molecule has 0 amide bonds. The van der Waals surface area contributed by atoms with Crippen molar-refractivity contribution in [3.8, 4) is 6.07 Å². The Kier molecular flexibility index (Phi) is 2.61. The monoisotopic (exact) mass is 191 g/mol. The first kappa shape index (κ1) is 10.3. The molecule has 4 heteroatoms. The fraction of sp³-hybridized carbons (Fsp3) is 0.400. The van der Waals surface area contributed by atoms with Gasteiger partial charge in [-0.25, -0.2) is 0 Å². The van der Waals surface area contributed by atoms with Gasteiger partial charge in [0.25, 0.3) is 5.56 Å². The summed E-state index contributed by atoms with van der Waals surface area (Å²) in [5, 5.41) is 8.86. The Morgan fingerprint density at radius 3 is 2.57 bits per heavy atom. The first-order valence-corrected chi connectivity index (χ1v) is 4.38. The summed E-state index contributed by atoms with van der Waals surface area (Å²) in [5.41, 5.74) is 6.22. The molecular formula is C10H13N3O.